The summed E-state index contributed by atoms with van der Waals surface area (Å²) in [5, 5.41) is 0. The Balaban J connectivity index is 1.27. The molecule has 0 heterocycles. The molecule has 7 heteroatoms. The molecule has 1 nitrogen and oxygen atoms in total. The van der Waals surface area contributed by atoms with E-state index in [4.69, 9.17) is 0 Å². The molecule has 0 fully saturated rings. The van der Waals surface area contributed by atoms with Crippen molar-refractivity contribution in [2.24, 2.45) is 0 Å². The van der Waals surface area contributed by atoms with Gasteiger partial charge in [0.25, 0.3) is 0 Å². The van der Waals surface area contributed by atoms with Crippen molar-refractivity contribution in [2.75, 3.05) is 4.90 Å². The number of halogens is 6. The minimum absolute atomic E-state index is 0.530. The van der Waals surface area contributed by atoms with Gasteiger partial charge in [-0.1, -0.05) is 91.1 Å². The van der Waals surface area contributed by atoms with Gasteiger partial charge in [-0.15, -0.1) is 0 Å². The maximum Gasteiger partial charge on any atom is 0.159 e. The lowest BCUT2D eigenvalue weighted by Gasteiger charge is -2.26. The smallest absolute Gasteiger partial charge is 0.159 e. The van der Waals surface area contributed by atoms with E-state index in [1.165, 1.54) is 18.2 Å². The van der Waals surface area contributed by atoms with Crippen molar-refractivity contribution in [1.29, 1.82) is 0 Å². The maximum absolute atomic E-state index is 13.6. The molecule has 0 N–H and O–H groups in total. The van der Waals surface area contributed by atoms with Crippen molar-refractivity contribution >= 4 is 53.5 Å². The fraction of sp³-hybridized carbons (Fsp3) is 0. The molecule has 0 saturated carbocycles. The molecule has 0 unspecified atom stereocenters. The van der Waals surface area contributed by atoms with E-state index in [1.807, 2.05) is 91.0 Å². The Morgan fingerprint density at radius 2 is 0.490 bits per heavy atom. The minimum Gasteiger partial charge on any atom is -0.311 e. The first-order valence-corrected chi connectivity index (χ1v) is 15.2. The highest BCUT2D eigenvalue weighted by atomic mass is 19.2. The van der Waals surface area contributed by atoms with Crippen LogP contribution in [0.25, 0.3) is 36.5 Å². The minimum atomic E-state index is -0.912. The lowest BCUT2D eigenvalue weighted by atomic mass is 10.1. The Kier molecular flexibility index (Phi) is 9.91. The largest absolute Gasteiger partial charge is 0.311 e. The average Bonchev–Trinajstić information content (AvgIpc) is 3.11. The molecule has 0 bridgehead atoms. The molecule has 0 amide bonds. The second-order valence-electron chi connectivity index (χ2n) is 11.1. The Labute approximate surface area is 280 Å². The van der Waals surface area contributed by atoms with E-state index in [2.05, 4.69) is 4.90 Å². The molecule has 0 aliphatic heterocycles. The van der Waals surface area contributed by atoms with Gasteiger partial charge in [-0.25, -0.2) is 26.3 Å². The van der Waals surface area contributed by atoms with Crippen molar-refractivity contribution < 1.29 is 26.3 Å². The van der Waals surface area contributed by atoms with Crippen molar-refractivity contribution in [3.8, 4) is 0 Å². The first-order valence-electron chi connectivity index (χ1n) is 15.2. The molecular weight excluding hydrogens is 632 g/mol. The van der Waals surface area contributed by atoms with Crippen molar-refractivity contribution in [3.05, 3.63) is 196 Å². The SMILES string of the molecule is Fc1ccc(/C=C/c2ccc(N(c3ccc(/C=C/c4ccc(F)c(F)c4)cc3)c3ccc(/C=C/c4ccc(F)c(F)c4)cc3)cc2)cc1F. The maximum atomic E-state index is 13.6. The summed E-state index contributed by atoms with van der Waals surface area (Å²) < 4.78 is 80.9. The van der Waals surface area contributed by atoms with Crippen LogP contribution in [0.5, 0.6) is 0 Å². The Morgan fingerprint density at radius 1 is 0.265 bits per heavy atom. The van der Waals surface area contributed by atoms with E-state index in [9.17, 15) is 26.3 Å². The van der Waals surface area contributed by atoms with Crippen LogP contribution in [-0.2, 0) is 0 Å². The molecule has 6 rings (SSSR count). The highest BCUT2D eigenvalue weighted by molar-refractivity contribution is 5.80. The fourth-order valence-corrected chi connectivity index (χ4v) is 5.08. The van der Waals surface area contributed by atoms with Gasteiger partial charge in [0.1, 0.15) is 0 Å². The van der Waals surface area contributed by atoms with Gasteiger partial charge in [0.05, 0.1) is 0 Å². The zero-order valence-electron chi connectivity index (χ0n) is 25.8. The van der Waals surface area contributed by atoms with Gasteiger partial charge < -0.3 is 4.90 Å². The fourth-order valence-electron chi connectivity index (χ4n) is 5.08. The van der Waals surface area contributed by atoms with Crippen molar-refractivity contribution in [2.45, 2.75) is 0 Å². The number of anilines is 3. The summed E-state index contributed by atoms with van der Waals surface area (Å²) >= 11 is 0. The molecule has 6 aromatic rings. The zero-order valence-corrected chi connectivity index (χ0v) is 25.8. The Bertz CT molecular complexity index is 1920. The predicted molar refractivity (Wildman–Crippen MR) is 187 cm³/mol. The Hall–Kier alpha value is -6.08. The highest BCUT2D eigenvalue weighted by Gasteiger charge is 2.13. The van der Waals surface area contributed by atoms with Crippen molar-refractivity contribution in [3.63, 3.8) is 0 Å². The van der Waals surface area contributed by atoms with Gasteiger partial charge in [-0.2, -0.15) is 0 Å². The van der Waals surface area contributed by atoms with Crippen LogP contribution in [0.4, 0.5) is 43.4 Å². The number of benzene rings is 6. The van der Waals surface area contributed by atoms with Crippen LogP contribution in [0, 0.1) is 34.9 Å². The zero-order chi connectivity index (χ0) is 34.3. The third-order valence-corrected chi connectivity index (χ3v) is 7.69. The van der Waals surface area contributed by atoms with Crippen LogP contribution in [0.3, 0.4) is 0 Å². The molecule has 0 aliphatic rings. The summed E-state index contributed by atoms with van der Waals surface area (Å²) in [6.45, 7) is 0. The van der Waals surface area contributed by atoms with Crippen molar-refractivity contribution in [1.82, 2.24) is 0 Å². The van der Waals surface area contributed by atoms with E-state index in [-0.39, 0.29) is 0 Å². The van der Waals surface area contributed by atoms with E-state index < -0.39 is 34.9 Å². The predicted octanol–water partition coefficient (Wildman–Crippen LogP) is 12.5. The summed E-state index contributed by atoms with van der Waals surface area (Å²) in [4.78, 5) is 2.05. The summed E-state index contributed by atoms with van der Waals surface area (Å²) in [6.07, 6.45) is 10.5. The third-order valence-electron chi connectivity index (χ3n) is 7.69. The summed E-state index contributed by atoms with van der Waals surface area (Å²) in [5.74, 6) is -5.44. The van der Waals surface area contributed by atoms with Crippen LogP contribution in [0.2, 0.25) is 0 Å². The molecule has 242 valence electrons. The molecule has 0 saturated heterocycles. The van der Waals surface area contributed by atoms with Gasteiger partial charge in [0.2, 0.25) is 0 Å². The quantitative estimate of drug-likeness (QED) is 0.110. The van der Waals surface area contributed by atoms with Gasteiger partial charge >= 0.3 is 0 Å². The lowest BCUT2D eigenvalue weighted by molar-refractivity contribution is 0.508. The van der Waals surface area contributed by atoms with Gasteiger partial charge in [0, 0.05) is 17.1 Å². The summed E-state index contributed by atoms with van der Waals surface area (Å²) in [5.41, 5.74) is 6.68. The number of rotatable bonds is 9. The number of nitrogens with zero attached hydrogens (tertiary/aromatic N) is 1. The van der Waals surface area contributed by atoms with Crippen LogP contribution in [0.15, 0.2) is 127 Å². The second-order valence-corrected chi connectivity index (χ2v) is 11.1. The topological polar surface area (TPSA) is 3.24 Å². The molecule has 0 aliphatic carbocycles. The van der Waals surface area contributed by atoms with Gasteiger partial charge in [-0.3, -0.25) is 0 Å². The standard InChI is InChI=1S/C42H27F6N/c43-37-22-13-31(25-40(37)46)4-1-28-7-16-34(17-8-28)49(35-18-9-29(10-19-35)2-5-32-14-23-38(44)41(47)26-32)36-20-11-30(12-21-36)3-6-33-15-24-39(45)42(48)27-33/h1-27H/b4-1+,5-2+,6-3+. The Morgan fingerprint density at radius 3 is 0.735 bits per heavy atom. The molecule has 0 radical (unpaired) electrons. The molecule has 0 aromatic heterocycles. The van der Waals surface area contributed by atoms with E-state index in [0.29, 0.717) is 16.7 Å². The van der Waals surface area contributed by atoms with E-state index >= 15 is 0 Å². The van der Waals surface area contributed by atoms with Crippen LogP contribution in [-0.4, -0.2) is 0 Å². The number of hydrogen-bond donors (Lipinski definition) is 0. The van der Waals surface area contributed by atoms with Gasteiger partial charge in [-0.05, 0) is 106 Å². The number of hydrogen-bond acceptors (Lipinski definition) is 1. The van der Waals surface area contributed by atoms with E-state index in [0.717, 1.165) is 70.2 Å². The van der Waals surface area contributed by atoms with Crippen LogP contribution in [0.1, 0.15) is 33.4 Å². The summed E-state index contributed by atoms with van der Waals surface area (Å²) in [7, 11) is 0. The van der Waals surface area contributed by atoms with Gasteiger partial charge in [0.15, 0.2) is 34.9 Å². The normalized spacial score (nSPS) is 11.6. The molecule has 0 atom stereocenters. The van der Waals surface area contributed by atoms with Crippen LogP contribution >= 0.6 is 0 Å². The first-order chi connectivity index (χ1) is 23.7. The van der Waals surface area contributed by atoms with E-state index in [1.54, 1.807) is 18.2 Å². The molecule has 6 aromatic carbocycles. The highest BCUT2D eigenvalue weighted by Crippen LogP contribution is 2.35. The molecule has 49 heavy (non-hydrogen) atoms. The summed E-state index contributed by atoms with van der Waals surface area (Å²) in [6, 6.07) is 34.3. The second kappa shape index (κ2) is 14.8. The third kappa shape index (κ3) is 8.26. The first kappa shape index (κ1) is 32.8. The molecule has 0 spiro atoms. The average molecular weight is 660 g/mol. The molecular formula is C42H27F6N. The lowest BCUT2D eigenvalue weighted by Crippen LogP contribution is -2.09. The monoisotopic (exact) mass is 659 g/mol. The van der Waals surface area contributed by atoms with Crippen LogP contribution < -0.4 is 4.90 Å².